The molecule has 2 rings (SSSR count). The van der Waals surface area contributed by atoms with Crippen molar-refractivity contribution in [1.82, 2.24) is 9.55 Å². The second kappa shape index (κ2) is 6.84. The smallest absolute Gasteiger partial charge is 0.131 e. The number of rotatable bonds is 5. The van der Waals surface area contributed by atoms with Crippen molar-refractivity contribution in [3.8, 4) is 11.3 Å². The van der Waals surface area contributed by atoms with Crippen molar-refractivity contribution >= 4 is 33.3 Å². The van der Waals surface area contributed by atoms with Crippen LogP contribution in [0.5, 0.6) is 0 Å². The van der Waals surface area contributed by atoms with Gasteiger partial charge in [0.25, 0.3) is 0 Å². The van der Waals surface area contributed by atoms with E-state index in [1.54, 1.807) is 0 Å². The van der Waals surface area contributed by atoms with Gasteiger partial charge in [-0.2, -0.15) is 0 Å². The summed E-state index contributed by atoms with van der Waals surface area (Å²) >= 11 is 9.56. The third kappa shape index (κ3) is 3.61. The van der Waals surface area contributed by atoms with Gasteiger partial charge in [-0.05, 0) is 24.5 Å². The number of aryl methyl sites for hydroxylation is 1. The monoisotopic (exact) mass is 369 g/mol. The van der Waals surface area contributed by atoms with Crippen LogP contribution in [-0.4, -0.2) is 9.55 Å². The molecule has 2 N–H and O–H groups in total. The fraction of sp³-hybridized carbons (Fsp3) is 0.438. The van der Waals surface area contributed by atoms with E-state index in [1.807, 2.05) is 18.2 Å². The van der Waals surface area contributed by atoms with Crippen molar-refractivity contribution in [3.63, 3.8) is 0 Å². The van der Waals surface area contributed by atoms with E-state index in [9.17, 15) is 0 Å². The van der Waals surface area contributed by atoms with Crippen molar-refractivity contribution in [1.29, 1.82) is 0 Å². The van der Waals surface area contributed by atoms with Crippen LogP contribution >= 0.6 is 27.5 Å². The van der Waals surface area contributed by atoms with Crippen LogP contribution in [0.3, 0.4) is 0 Å². The number of benzene rings is 1. The molecule has 0 fully saturated rings. The number of aromatic nitrogens is 2. The summed E-state index contributed by atoms with van der Waals surface area (Å²) in [4.78, 5) is 4.78. The zero-order valence-electron chi connectivity index (χ0n) is 12.7. The number of anilines is 1. The summed E-state index contributed by atoms with van der Waals surface area (Å²) < 4.78 is 3.06. The molecule has 0 atom stereocenters. The highest BCUT2D eigenvalue weighted by Gasteiger charge is 2.18. The summed E-state index contributed by atoms with van der Waals surface area (Å²) in [6, 6.07) is 5.69. The molecule has 0 spiro atoms. The fourth-order valence-electron chi connectivity index (χ4n) is 2.38. The van der Waals surface area contributed by atoms with Crippen LogP contribution in [0.25, 0.3) is 11.3 Å². The van der Waals surface area contributed by atoms with Gasteiger partial charge < -0.3 is 10.3 Å². The molecule has 0 aliphatic carbocycles. The third-order valence-corrected chi connectivity index (χ3v) is 4.18. The summed E-state index contributed by atoms with van der Waals surface area (Å²) in [6.45, 7) is 7.42. The maximum absolute atomic E-state index is 6.37. The maximum atomic E-state index is 6.37. The van der Waals surface area contributed by atoms with Gasteiger partial charge in [0.05, 0.1) is 0 Å². The lowest BCUT2D eigenvalue weighted by Crippen LogP contribution is -2.11. The minimum atomic E-state index is 0.526. The number of nitrogens with two attached hydrogens (primary N) is 1. The van der Waals surface area contributed by atoms with E-state index < -0.39 is 0 Å². The van der Waals surface area contributed by atoms with E-state index in [-0.39, 0.29) is 0 Å². The Morgan fingerprint density at radius 3 is 2.67 bits per heavy atom. The molecule has 0 saturated carbocycles. The average molecular weight is 371 g/mol. The lowest BCUT2D eigenvalue weighted by molar-refractivity contribution is 0.510. The molecule has 0 aliphatic heterocycles. The van der Waals surface area contributed by atoms with Crippen LogP contribution in [-0.2, 0) is 13.0 Å². The van der Waals surface area contributed by atoms with Crippen LogP contribution < -0.4 is 5.73 Å². The number of hydrogen-bond acceptors (Lipinski definition) is 2. The van der Waals surface area contributed by atoms with E-state index in [1.165, 1.54) is 0 Å². The van der Waals surface area contributed by atoms with Crippen molar-refractivity contribution < 1.29 is 0 Å². The molecule has 0 radical (unpaired) electrons. The molecule has 0 unspecified atom stereocenters. The topological polar surface area (TPSA) is 43.8 Å². The standard InChI is InChI=1S/C16H21BrClN3/c1-4-5-14-20-15(16(19)21(14)9-10(2)3)12-7-6-11(18)8-13(12)17/h6-8,10H,4-5,9,19H2,1-3H3. The predicted octanol–water partition coefficient (Wildman–Crippen LogP) is 5.16. The van der Waals surface area contributed by atoms with E-state index in [2.05, 4.69) is 41.3 Å². The Kier molecular flexibility index (Phi) is 5.33. The summed E-state index contributed by atoms with van der Waals surface area (Å²) in [7, 11) is 0. The molecule has 2 aromatic rings. The first-order valence-corrected chi connectivity index (χ1v) is 8.41. The van der Waals surface area contributed by atoms with Crippen molar-refractivity contribution in [3.05, 3.63) is 33.5 Å². The second-order valence-corrected chi connectivity index (χ2v) is 6.93. The Bertz CT molecular complexity index is 635. The van der Waals surface area contributed by atoms with Crippen LogP contribution in [0.2, 0.25) is 5.02 Å². The van der Waals surface area contributed by atoms with Crippen molar-refractivity contribution in [2.45, 2.75) is 40.2 Å². The largest absolute Gasteiger partial charge is 0.383 e. The van der Waals surface area contributed by atoms with E-state index in [0.29, 0.717) is 10.9 Å². The minimum Gasteiger partial charge on any atom is -0.383 e. The number of halogens is 2. The first kappa shape index (κ1) is 16.4. The highest BCUT2D eigenvalue weighted by atomic mass is 79.9. The molecular weight excluding hydrogens is 350 g/mol. The lowest BCUT2D eigenvalue weighted by atomic mass is 10.1. The van der Waals surface area contributed by atoms with Gasteiger partial charge in [0.1, 0.15) is 17.3 Å². The van der Waals surface area contributed by atoms with Crippen molar-refractivity contribution in [2.75, 3.05) is 5.73 Å². The Labute approximate surface area is 139 Å². The number of nitrogens with zero attached hydrogens (tertiary/aromatic N) is 2. The summed E-state index contributed by atoms with van der Waals surface area (Å²) in [6.07, 6.45) is 1.98. The van der Waals surface area contributed by atoms with Gasteiger partial charge in [0, 0.05) is 28.0 Å². The molecule has 1 aromatic heterocycles. The van der Waals surface area contributed by atoms with Gasteiger partial charge in [0.15, 0.2) is 0 Å². The molecule has 0 aliphatic rings. The Balaban J connectivity index is 2.53. The quantitative estimate of drug-likeness (QED) is 0.790. The molecule has 5 heteroatoms. The Morgan fingerprint density at radius 2 is 2.10 bits per heavy atom. The number of imidazole rings is 1. The van der Waals surface area contributed by atoms with Gasteiger partial charge in [-0.25, -0.2) is 4.98 Å². The zero-order valence-corrected chi connectivity index (χ0v) is 15.0. The molecule has 0 bridgehead atoms. The van der Waals surface area contributed by atoms with E-state index >= 15 is 0 Å². The number of hydrogen-bond donors (Lipinski definition) is 1. The molecular formula is C16H21BrClN3. The van der Waals surface area contributed by atoms with Crippen LogP contribution in [0.15, 0.2) is 22.7 Å². The molecule has 21 heavy (non-hydrogen) atoms. The third-order valence-electron chi connectivity index (χ3n) is 3.29. The zero-order chi connectivity index (χ0) is 15.6. The van der Waals surface area contributed by atoms with Gasteiger partial charge in [-0.1, -0.05) is 54.4 Å². The fourth-order valence-corrected chi connectivity index (χ4v) is 3.25. The van der Waals surface area contributed by atoms with Gasteiger partial charge >= 0.3 is 0 Å². The average Bonchev–Trinajstić information content (AvgIpc) is 2.68. The summed E-state index contributed by atoms with van der Waals surface area (Å²) in [5.41, 5.74) is 8.19. The maximum Gasteiger partial charge on any atom is 0.131 e. The predicted molar refractivity (Wildman–Crippen MR) is 93.6 cm³/mol. The molecule has 0 amide bonds. The highest BCUT2D eigenvalue weighted by molar-refractivity contribution is 9.10. The molecule has 3 nitrogen and oxygen atoms in total. The van der Waals surface area contributed by atoms with Gasteiger partial charge in [0.2, 0.25) is 0 Å². The summed E-state index contributed by atoms with van der Waals surface area (Å²) in [5, 5.41) is 0.694. The molecule has 1 heterocycles. The summed E-state index contributed by atoms with van der Waals surface area (Å²) in [5.74, 6) is 2.31. The Hall–Kier alpha value is -1.00. The first-order chi connectivity index (χ1) is 9.93. The van der Waals surface area contributed by atoms with E-state index in [0.717, 1.165) is 46.8 Å². The van der Waals surface area contributed by atoms with Crippen LogP contribution in [0.4, 0.5) is 5.82 Å². The van der Waals surface area contributed by atoms with Crippen LogP contribution in [0, 0.1) is 5.92 Å². The molecule has 0 saturated heterocycles. The van der Waals surface area contributed by atoms with Gasteiger partial charge in [-0.15, -0.1) is 0 Å². The molecule has 114 valence electrons. The molecule has 1 aromatic carbocycles. The second-order valence-electron chi connectivity index (χ2n) is 5.64. The van der Waals surface area contributed by atoms with Crippen LogP contribution in [0.1, 0.15) is 33.0 Å². The minimum absolute atomic E-state index is 0.526. The Morgan fingerprint density at radius 1 is 1.38 bits per heavy atom. The highest BCUT2D eigenvalue weighted by Crippen LogP contribution is 2.34. The van der Waals surface area contributed by atoms with Gasteiger partial charge in [-0.3, -0.25) is 0 Å². The number of nitrogen functional groups attached to an aromatic ring is 1. The van der Waals surface area contributed by atoms with Crippen molar-refractivity contribution in [2.24, 2.45) is 5.92 Å². The lowest BCUT2D eigenvalue weighted by Gasteiger charge is -2.12. The normalized spacial score (nSPS) is 11.3. The van der Waals surface area contributed by atoms with E-state index in [4.69, 9.17) is 22.3 Å². The SMILES string of the molecule is CCCc1nc(-c2ccc(Cl)cc2Br)c(N)n1CC(C)C. The first-order valence-electron chi connectivity index (χ1n) is 7.24.